The number of hydrogen-bond acceptors (Lipinski definition) is 4. The Morgan fingerprint density at radius 2 is 2.44 bits per heavy atom. The maximum Gasteiger partial charge on any atom is 0.248 e. The summed E-state index contributed by atoms with van der Waals surface area (Å²) in [5.74, 6) is 0.386. The summed E-state index contributed by atoms with van der Waals surface area (Å²) in [5, 5.41) is 0. The van der Waals surface area contributed by atoms with Gasteiger partial charge in [0.2, 0.25) is 5.91 Å². The SMILES string of the molecule is COCC(=O)N1CCCC(c2ncncc2C)C1. The number of rotatable bonds is 3. The highest BCUT2D eigenvalue weighted by atomic mass is 16.5. The van der Waals surface area contributed by atoms with E-state index in [9.17, 15) is 4.79 Å². The maximum absolute atomic E-state index is 11.8. The van der Waals surface area contributed by atoms with E-state index in [0.29, 0.717) is 5.92 Å². The van der Waals surface area contributed by atoms with Crippen molar-refractivity contribution in [3.05, 3.63) is 23.8 Å². The van der Waals surface area contributed by atoms with Crippen molar-refractivity contribution in [1.82, 2.24) is 14.9 Å². The summed E-state index contributed by atoms with van der Waals surface area (Å²) in [5.41, 5.74) is 2.17. The van der Waals surface area contributed by atoms with E-state index in [0.717, 1.165) is 37.2 Å². The molecular weight excluding hydrogens is 230 g/mol. The van der Waals surface area contributed by atoms with Gasteiger partial charge in [0.05, 0.1) is 5.69 Å². The number of carbonyl (C=O) groups excluding carboxylic acids is 1. The molecule has 2 rings (SSSR count). The third-order valence-corrected chi connectivity index (χ3v) is 3.36. The summed E-state index contributed by atoms with van der Waals surface area (Å²) >= 11 is 0. The van der Waals surface area contributed by atoms with Crippen LogP contribution in [0.4, 0.5) is 0 Å². The Morgan fingerprint density at radius 1 is 1.61 bits per heavy atom. The van der Waals surface area contributed by atoms with Crippen LogP contribution >= 0.6 is 0 Å². The lowest BCUT2D eigenvalue weighted by Crippen LogP contribution is -2.41. The number of likely N-dealkylation sites (tertiary alicyclic amines) is 1. The van der Waals surface area contributed by atoms with Crippen molar-refractivity contribution in [3.8, 4) is 0 Å². The van der Waals surface area contributed by atoms with E-state index in [2.05, 4.69) is 9.97 Å². The van der Waals surface area contributed by atoms with Gasteiger partial charge < -0.3 is 9.64 Å². The second-order valence-electron chi connectivity index (χ2n) is 4.70. The zero-order valence-electron chi connectivity index (χ0n) is 10.9. The summed E-state index contributed by atoms with van der Waals surface area (Å²) in [6.45, 7) is 3.74. The highest BCUT2D eigenvalue weighted by Gasteiger charge is 2.26. The van der Waals surface area contributed by atoms with E-state index in [4.69, 9.17) is 4.74 Å². The number of nitrogens with zero attached hydrogens (tertiary/aromatic N) is 3. The first kappa shape index (κ1) is 13.0. The minimum absolute atomic E-state index is 0.0638. The van der Waals surface area contributed by atoms with Crippen LogP contribution in [0.5, 0.6) is 0 Å². The number of amides is 1. The maximum atomic E-state index is 11.8. The fourth-order valence-corrected chi connectivity index (χ4v) is 2.48. The topological polar surface area (TPSA) is 55.3 Å². The fraction of sp³-hybridized carbons (Fsp3) is 0.615. The molecule has 1 fully saturated rings. The van der Waals surface area contributed by atoms with Gasteiger partial charge in [0.25, 0.3) is 0 Å². The minimum Gasteiger partial charge on any atom is -0.375 e. The van der Waals surface area contributed by atoms with Crippen molar-refractivity contribution >= 4 is 5.91 Å². The second kappa shape index (κ2) is 5.91. The molecule has 0 saturated carbocycles. The predicted octanol–water partition coefficient (Wildman–Crippen LogP) is 1.14. The number of ether oxygens (including phenoxy) is 1. The largest absolute Gasteiger partial charge is 0.375 e. The van der Waals surface area contributed by atoms with Crippen LogP contribution in [-0.2, 0) is 9.53 Å². The molecule has 1 aromatic rings. The van der Waals surface area contributed by atoms with Gasteiger partial charge in [-0.3, -0.25) is 4.79 Å². The number of carbonyl (C=O) groups is 1. The molecule has 5 nitrogen and oxygen atoms in total. The lowest BCUT2D eigenvalue weighted by molar-refractivity contribution is -0.136. The van der Waals surface area contributed by atoms with Crippen molar-refractivity contribution in [2.24, 2.45) is 0 Å². The summed E-state index contributed by atoms with van der Waals surface area (Å²) in [6.07, 6.45) is 5.51. The summed E-state index contributed by atoms with van der Waals surface area (Å²) in [6, 6.07) is 0. The Bertz CT molecular complexity index is 422. The summed E-state index contributed by atoms with van der Waals surface area (Å²) in [4.78, 5) is 22.1. The molecule has 1 amide bonds. The predicted molar refractivity (Wildman–Crippen MR) is 67.2 cm³/mol. The molecular formula is C13H19N3O2. The molecule has 1 atom stereocenters. The van der Waals surface area contributed by atoms with Crippen LogP contribution in [0.2, 0.25) is 0 Å². The number of aromatic nitrogens is 2. The molecule has 1 saturated heterocycles. The van der Waals surface area contributed by atoms with E-state index in [1.54, 1.807) is 13.4 Å². The average molecular weight is 249 g/mol. The third kappa shape index (κ3) is 2.85. The minimum atomic E-state index is 0.0638. The molecule has 1 aromatic heterocycles. The van der Waals surface area contributed by atoms with Gasteiger partial charge in [-0.05, 0) is 25.3 Å². The number of methoxy groups -OCH3 is 1. The van der Waals surface area contributed by atoms with Crippen molar-refractivity contribution in [2.45, 2.75) is 25.7 Å². The van der Waals surface area contributed by atoms with E-state index in [-0.39, 0.29) is 12.5 Å². The first-order valence-electron chi connectivity index (χ1n) is 6.25. The van der Waals surface area contributed by atoms with Crippen LogP contribution in [-0.4, -0.2) is 47.6 Å². The monoisotopic (exact) mass is 249 g/mol. The Kier molecular flexibility index (Phi) is 4.25. The molecule has 18 heavy (non-hydrogen) atoms. The smallest absolute Gasteiger partial charge is 0.248 e. The molecule has 2 heterocycles. The third-order valence-electron chi connectivity index (χ3n) is 3.36. The van der Waals surface area contributed by atoms with Crippen LogP contribution in [0, 0.1) is 6.92 Å². The van der Waals surface area contributed by atoms with Crippen molar-refractivity contribution in [2.75, 3.05) is 26.8 Å². The highest BCUT2D eigenvalue weighted by Crippen LogP contribution is 2.27. The lowest BCUT2D eigenvalue weighted by atomic mass is 9.92. The van der Waals surface area contributed by atoms with Crippen molar-refractivity contribution < 1.29 is 9.53 Å². The molecule has 0 spiro atoms. The normalized spacial score (nSPS) is 19.9. The Labute approximate surface area is 107 Å². The van der Waals surface area contributed by atoms with E-state index >= 15 is 0 Å². The zero-order valence-corrected chi connectivity index (χ0v) is 10.9. The van der Waals surface area contributed by atoms with Crippen LogP contribution < -0.4 is 0 Å². The lowest BCUT2D eigenvalue weighted by Gasteiger charge is -2.32. The van der Waals surface area contributed by atoms with Gasteiger partial charge >= 0.3 is 0 Å². The van der Waals surface area contributed by atoms with Crippen molar-refractivity contribution in [1.29, 1.82) is 0 Å². The molecule has 0 aromatic carbocycles. The van der Waals surface area contributed by atoms with Gasteiger partial charge in [0, 0.05) is 32.3 Å². The highest BCUT2D eigenvalue weighted by molar-refractivity contribution is 5.77. The number of piperidine rings is 1. The van der Waals surface area contributed by atoms with E-state index < -0.39 is 0 Å². The van der Waals surface area contributed by atoms with Gasteiger partial charge in [-0.1, -0.05) is 0 Å². The van der Waals surface area contributed by atoms with Gasteiger partial charge in [0.15, 0.2) is 0 Å². The van der Waals surface area contributed by atoms with E-state index in [1.807, 2.05) is 18.0 Å². The van der Waals surface area contributed by atoms with Crippen LogP contribution in [0.3, 0.4) is 0 Å². The quantitative estimate of drug-likeness (QED) is 0.806. The molecule has 1 unspecified atom stereocenters. The molecule has 1 aliphatic heterocycles. The second-order valence-corrected chi connectivity index (χ2v) is 4.70. The standard InChI is InChI=1S/C13H19N3O2/c1-10-6-14-9-15-13(10)11-4-3-5-16(7-11)12(17)8-18-2/h6,9,11H,3-5,7-8H2,1-2H3. The molecule has 0 bridgehead atoms. The molecule has 5 heteroatoms. The van der Waals surface area contributed by atoms with Crippen LogP contribution in [0.1, 0.15) is 30.0 Å². The molecule has 98 valence electrons. The number of aryl methyl sites for hydroxylation is 1. The van der Waals surface area contributed by atoms with Gasteiger partial charge in [-0.25, -0.2) is 9.97 Å². The average Bonchev–Trinajstić information content (AvgIpc) is 2.40. The van der Waals surface area contributed by atoms with Gasteiger partial charge in [0.1, 0.15) is 12.9 Å². The summed E-state index contributed by atoms with van der Waals surface area (Å²) < 4.78 is 4.90. The van der Waals surface area contributed by atoms with Crippen molar-refractivity contribution in [3.63, 3.8) is 0 Å². The molecule has 0 N–H and O–H groups in total. The first-order chi connectivity index (χ1) is 8.72. The zero-order chi connectivity index (χ0) is 13.0. The van der Waals surface area contributed by atoms with Gasteiger partial charge in [-0.2, -0.15) is 0 Å². The fourth-order valence-electron chi connectivity index (χ4n) is 2.48. The molecule has 1 aliphatic rings. The van der Waals surface area contributed by atoms with E-state index in [1.165, 1.54) is 0 Å². The Balaban J connectivity index is 2.07. The van der Waals surface area contributed by atoms with Gasteiger partial charge in [-0.15, -0.1) is 0 Å². The summed E-state index contributed by atoms with van der Waals surface area (Å²) in [7, 11) is 1.55. The first-order valence-corrected chi connectivity index (χ1v) is 6.25. The van der Waals surface area contributed by atoms with Crippen LogP contribution in [0.25, 0.3) is 0 Å². The number of hydrogen-bond donors (Lipinski definition) is 0. The molecule has 0 aliphatic carbocycles. The van der Waals surface area contributed by atoms with Crippen LogP contribution in [0.15, 0.2) is 12.5 Å². The Hall–Kier alpha value is -1.49. The molecule has 0 radical (unpaired) electrons. The Morgan fingerprint density at radius 3 is 3.17 bits per heavy atom.